The second-order valence-corrected chi connectivity index (χ2v) is 5.09. The summed E-state index contributed by atoms with van der Waals surface area (Å²) in [4.78, 5) is 16.6. The highest BCUT2D eigenvalue weighted by Crippen LogP contribution is 2.38. The highest BCUT2D eigenvalue weighted by Gasteiger charge is 2.32. The number of rotatable bonds is 5. The third-order valence-electron chi connectivity index (χ3n) is 3.45. The predicted octanol–water partition coefficient (Wildman–Crippen LogP) is 2.52. The number of esters is 1. The zero-order valence-corrected chi connectivity index (χ0v) is 11.7. The number of halogens is 1. The summed E-state index contributed by atoms with van der Waals surface area (Å²) in [6.07, 6.45) is 2.16. The predicted molar refractivity (Wildman–Crippen MR) is 73.2 cm³/mol. The zero-order chi connectivity index (χ0) is 14.8. The molecule has 0 spiro atoms. The molecule has 2 aromatic rings. The lowest BCUT2D eigenvalue weighted by molar-refractivity contribution is -0.144. The Labute approximate surface area is 121 Å². The van der Waals surface area contributed by atoms with Gasteiger partial charge < -0.3 is 4.74 Å². The van der Waals surface area contributed by atoms with Crippen molar-refractivity contribution in [2.75, 3.05) is 6.61 Å². The van der Waals surface area contributed by atoms with Crippen molar-refractivity contribution >= 4 is 5.97 Å². The van der Waals surface area contributed by atoms with Gasteiger partial charge in [0.15, 0.2) is 5.82 Å². The van der Waals surface area contributed by atoms with E-state index in [0.29, 0.717) is 17.3 Å². The van der Waals surface area contributed by atoms with Crippen LogP contribution in [-0.4, -0.2) is 27.8 Å². The van der Waals surface area contributed by atoms with Crippen LogP contribution in [-0.2, 0) is 9.53 Å². The monoisotopic (exact) mass is 289 g/mol. The van der Waals surface area contributed by atoms with Crippen LogP contribution in [0.2, 0.25) is 0 Å². The highest BCUT2D eigenvalue weighted by atomic mass is 19.1. The molecule has 0 radical (unpaired) electrons. The van der Waals surface area contributed by atoms with E-state index >= 15 is 0 Å². The van der Waals surface area contributed by atoms with E-state index in [2.05, 4.69) is 15.2 Å². The van der Waals surface area contributed by atoms with E-state index in [9.17, 15) is 9.18 Å². The normalized spacial score (nSPS) is 15.7. The van der Waals surface area contributed by atoms with Gasteiger partial charge >= 0.3 is 5.97 Å². The van der Waals surface area contributed by atoms with Crippen molar-refractivity contribution in [3.63, 3.8) is 0 Å². The van der Waals surface area contributed by atoms with Gasteiger partial charge in [-0.3, -0.25) is 9.89 Å². The lowest BCUT2D eigenvalue weighted by Crippen LogP contribution is -2.18. The first-order chi connectivity index (χ1) is 10.2. The SMILES string of the molecule is CCOC(=O)C(c1cccc(F)c1)c1n[nH]c(C2CC2)n1. The van der Waals surface area contributed by atoms with Gasteiger partial charge in [-0.15, -0.1) is 0 Å². The second-order valence-electron chi connectivity index (χ2n) is 5.09. The Balaban J connectivity index is 1.96. The second kappa shape index (κ2) is 5.63. The van der Waals surface area contributed by atoms with E-state index in [-0.39, 0.29) is 6.61 Å². The average Bonchev–Trinajstić information content (AvgIpc) is 3.20. The van der Waals surface area contributed by atoms with Crippen LogP contribution in [0.5, 0.6) is 0 Å². The molecule has 5 nitrogen and oxygen atoms in total. The van der Waals surface area contributed by atoms with E-state index in [4.69, 9.17) is 4.74 Å². The fourth-order valence-electron chi connectivity index (χ4n) is 2.26. The first-order valence-electron chi connectivity index (χ1n) is 7.03. The number of nitrogens with zero attached hydrogens (tertiary/aromatic N) is 2. The Morgan fingerprint density at radius 3 is 3.00 bits per heavy atom. The molecule has 6 heteroatoms. The minimum atomic E-state index is -0.801. The van der Waals surface area contributed by atoms with E-state index in [0.717, 1.165) is 18.7 Å². The van der Waals surface area contributed by atoms with Gasteiger partial charge in [0.1, 0.15) is 17.6 Å². The van der Waals surface area contributed by atoms with Gasteiger partial charge in [0.25, 0.3) is 0 Å². The van der Waals surface area contributed by atoms with Crippen LogP contribution in [0.15, 0.2) is 24.3 Å². The van der Waals surface area contributed by atoms with Gasteiger partial charge in [-0.1, -0.05) is 12.1 Å². The average molecular weight is 289 g/mol. The molecule has 1 atom stereocenters. The van der Waals surface area contributed by atoms with Crippen LogP contribution < -0.4 is 0 Å². The summed E-state index contributed by atoms with van der Waals surface area (Å²) in [6.45, 7) is 1.98. The van der Waals surface area contributed by atoms with Crippen molar-refractivity contribution in [2.45, 2.75) is 31.6 Å². The molecule has 0 aliphatic heterocycles. The maximum Gasteiger partial charge on any atom is 0.321 e. The molecule has 0 bridgehead atoms. The molecule has 1 fully saturated rings. The van der Waals surface area contributed by atoms with E-state index in [1.807, 2.05) is 0 Å². The number of carbonyl (C=O) groups is 1. The molecule has 1 aromatic carbocycles. The van der Waals surface area contributed by atoms with Crippen LogP contribution in [0.1, 0.15) is 48.8 Å². The van der Waals surface area contributed by atoms with Crippen LogP contribution in [0, 0.1) is 5.82 Å². The number of H-pyrrole nitrogens is 1. The summed E-state index contributed by atoms with van der Waals surface area (Å²) in [5.74, 6) is -0.146. The Morgan fingerprint density at radius 2 is 2.33 bits per heavy atom. The molecule has 3 rings (SSSR count). The standard InChI is InChI=1S/C15H16FN3O2/c1-2-21-15(20)12(10-4-3-5-11(16)8-10)14-17-13(18-19-14)9-6-7-9/h3-5,8-9,12H,2,6-7H2,1H3,(H,17,18,19). The Kier molecular flexibility index (Phi) is 3.68. The molecule has 1 N–H and O–H groups in total. The summed E-state index contributed by atoms with van der Waals surface area (Å²) in [5, 5.41) is 6.99. The quantitative estimate of drug-likeness (QED) is 0.859. The minimum absolute atomic E-state index is 0.255. The molecule has 1 unspecified atom stereocenters. The topological polar surface area (TPSA) is 67.9 Å². The van der Waals surface area contributed by atoms with Crippen LogP contribution in [0.25, 0.3) is 0 Å². The first kappa shape index (κ1) is 13.7. The minimum Gasteiger partial charge on any atom is -0.465 e. The third-order valence-corrected chi connectivity index (χ3v) is 3.45. The fraction of sp³-hybridized carbons (Fsp3) is 0.400. The molecular formula is C15H16FN3O2. The molecule has 110 valence electrons. The smallest absolute Gasteiger partial charge is 0.321 e. The molecule has 1 aliphatic carbocycles. The van der Waals surface area contributed by atoms with Gasteiger partial charge in [-0.2, -0.15) is 5.10 Å². The van der Waals surface area contributed by atoms with Crippen LogP contribution in [0.4, 0.5) is 4.39 Å². The molecular weight excluding hydrogens is 273 g/mol. The summed E-state index contributed by atoms with van der Waals surface area (Å²) in [5.41, 5.74) is 0.495. The number of benzene rings is 1. The van der Waals surface area contributed by atoms with Gasteiger partial charge in [-0.25, -0.2) is 9.37 Å². The molecule has 0 saturated heterocycles. The van der Waals surface area contributed by atoms with Crippen molar-refractivity contribution < 1.29 is 13.9 Å². The highest BCUT2D eigenvalue weighted by molar-refractivity contribution is 5.81. The number of hydrogen-bond donors (Lipinski definition) is 1. The van der Waals surface area contributed by atoms with Crippen LogP contribution >= 0.6 is 0 Å². The molecule has 0 amide bonds. The molecule has 1 aromatic heterocycles. The van der Waals surface area contributed by atoms with Crippen molar-refractivity contribution in [3.8, 4) is 0 Å². The molecule has 1 aliphatic rings. The maximum atomic E-state index is 13.4. The number of ether oxygens (including phenoxy) is 1. The van der Waals surface area contributed by atoms with Crippen molar-refractivity contribution in [1.29, 1.82) is 0 Å². The van der Waals surface area contributed by atoms with Gasteiger partial charge in [0.05, 0.1) is 6.61 Å². The largest absolute Gasteiger partial charge is 0.465 e. The first-order valence-corrected chi connectivity index (χ1v) is 7.03. The third kappa shape index (κ3) is 2.94. The number of nitrogens with one attached hydrogen (secondary N) is 1. The lowest BCUT2D eigenvalue weighted by atomic mass is 9.98. The summed E-state index contributed by atoms with van der Waals surface area (Å²) < 4.78 is 18.5. The van der Waals surface area contributed by atoms with Gasteiger partial charge in [-0.05, 0) is 37.5 Å². The molecule has 1 saturated carbocycles. The number of aromatic amines is 1. The number of aromatic nitrogens is 3. The summed E-state index contributed by atoms with van der Waals surface area (Å²) >= 11 is 0. The number of hydrogen-bond acceptors (Lipinski definition) is 4. The Hall–Kier alpha value is -2.24. The van der Waals surface area contributed by atoms with Crippen molar-refractivity contribution in [3.05, 3.63) is 47.3 Å². The fourth-order valence-corrected chi connectivity index (χ4v) is 2.26. The summed E-state index contributed by atoms with van der Waals surface area (Å²) in [7, 11) is 0. The van der Waals surface area contributed by atoms with Gasteiger partial charge in [0.2, 0.25) is 0 Å². The zero-order valence-electron chi connectivity index (χ0n) is 11.7. The van der Waals surface area contributed by atoms with Crippen molar-refractivity contribution in [1.82, 2.24) is 15.2 Å². The van der Waals surface area contributed by atoms with E-state index < -0.39 is 17.7 Å². The van der Waals surface area contributed by atoms with Crippen LogP contribution in [0.3, 0.4) is 0 Å². The maximum absolute atomic E-state index is 13.4. The molecule has 21 heavy (non-hydrogen) atoms. The van der Waals surface area contributed by atoms with Crippen molar-refractivity contribution in [2.24, 2.45) is 0 Å². The van der Waals surface area contributed by atoms with Gasteiger partial charge in [0, 0.05) is 5.92 Å². The van der Waals surface area contributed by atoms with E-state index in [1.54, 1.807) is 19.1 Å². The lowest BCUT2D eigenvalue weighted by Gasteiger charge is -2.12. The molecule has 1 heterocycles. The Bertz CT molecular complexity index is 652. The summed E-state index contributed by atoms with van der Waals surface area (Å²) in [6, 6.07) is 5.89. The van der Waals surface area contributed by atoms with E-state index in [1.165, 1.54) is 12.1 Å². The Morgan fingerprint density at radius 1 is 1.52 bits per heavy atom. The number of carbonyl (C=O) groups excluding carboxylic acids is 1.